The molecule has 1 rings (SSSR count). The first-order valence-corrected chi connectivity index (χ1v) is 7.56. The molecule has 1 aromatic rings. The van der Waals surface area contributed by atoms with E-state index in [1.54, 1.807) is 12.1 Å². The smallest absolute Gasteiger partial charge is 0.264 e. The third kappa shape index (κ3) is 5.80. The van der Waals surface area contributed by atoms with Crippen molar-refractivity contribution in [2.24, 2.45) is 5.92 Å². The molecule has 0 N–H and O–H groups in total. The van der Waals surface area contributed by atoms with Crippen LogP contribution in [0, 0.1) is 17.2 Å². The van der Waals surface area contributed by atoms with Crippen molar-refractivity contribution < 1.29 is 12.6 Å². The van der Waals surface area contributed by atoms with Crippen LogP contribution in [0.25, 0.3) is 0 Å². The van der Waals surface area contributed by atoms with Gasteiger partial charge in [0.1, 0.15) is 0 Å². The number of rotatable bonds is 6. The maximum absolute atomic E-state index is 10.8. The summed E-state index contributed by atoms with van der Waals surface area (Å²) in [6, 6.07) is 9.49. The summed E-state index contributed by atoms with van der Waals surface area (Å²) in [6.07, 6.45) is 2.59. The molecule has 0 amide bonds. The summed E-state index contributed by atoms with van der Waals surface area (Å²) in [5, 5.41) is 8.68. The van der Waals surface area contributed by atoms with Crippen LogP contribution in [-0.4, -0.2) is 21.3 Å². The van der Waals surface area contributed by atoms with Gasteiger partial charge < -0.3 is 0 Å². The quantitative estimate of drug-likeness (QED) is 0.740. The predicted octanol–water partition coefficient (Wildman–Crippen LogP) is 2.10. The van der Waals surface area contributed by atoms with Gasteiger partial charge in [-0.1, -0.05) is 19.1 Å². The van der Waals surface area contributed by atoms with E-state index in [0.29, 0.717) is 17.9 Å². The van der Waals surface area contributed by atoms with E-state index in [-0.39, 0.29) is 6.61 Å². The fraction of sp³-hybridized carbons (Fsp3) is 0.462. The van der Waals surface area contributed by atoms with Gasteiger partial charge in [0.2, 0.25) is 0 Å². The van der Waals surface area contributed by atoms with E-state index < -0.39 is 10.1 Å². The van der Waals surface area contributed by atoms with Gasteiger partial charge in [0.15, 0.2) is 0 Å². The number of nitrogens with zero attached hydrogens (tertiary/aromatic N) is 1. The van der Waals surface area contributed by atoms with Crippen LogP contribution in [0.5, 0.6) is 0 Å². The summed E-state index contributed by atoms with van der Waals surface area (Å²) < 4.78 is 26.3. The Kier molecular flexibility index (Phi) is 5.32. The van der Waals surface area contributed by atoms with Crippen molar-refractivity contribution in [1.82, 2.24) is 0 Å². The van der Waals surface area contributed by atoms with Crippen molar-refractivity contribution in [3.8, 4) is 6.07 Å². The zero-order valence-electron chi connectivity index (χ0n) is 10.6. The van der Waals surface area contributed by atoms with Crippen LogP contribution in [0.4, 0.5) is 0 Å². The van der Waals surface area contributed by atoms with E-state index in [2.05, 4.69) is 6.07 Å². The molecule has 0 aliphatic carbocycles. The number of benzene rings is 1. The van der Waals surface area contributed by atoms with E-state index in [9.17, 15) is 8.42 Å². The molecule has 98 valence electrons. The Morgan fingerprint density at radius 1 is 1.33 bits per heavy atom. The predicted molar refractivity (Wildman–Crippen MR) is 69.4 cm³/mol. The Bertz CT molecular complexity index is 514. The minimum Gasteiger partial charge on any atom is -0.270 e. The second-order valence-corrected chi connectivity index (χ2v) is 6.08. The lowest BCUT2D eigenvalue weighted by Crippen LogP contribution is -2.09. The van der Waals surface area contributed by atoms with E-state index in [1.807, 2.05) is 19.1 Å². The minimum atomic E-state index is -3.34. The highest BCUT2D eigenvalue weighted by atomic mass is 32.2. The van der Waals surface area contributed by atoms with Gasteiger partial charge in [-0.3, -0.25) is 4.18 Å². The summed E-state index contributed by atoms with van der Waals surface area (Å²) in [7, 11) is -3.34. The molecule has 1 aromatic carbocycles. The van der Waals surface area contributed by atoms with Crippen LogP contribution in [0.15, 0.2) is 24.3 Å². The second-order valence-electron chi connectivity index (χ2n) is 4.43. The number of nitriles is 1. The molecule has 18 heavy (non-hydrogen) atoms. The molecule has 0 aliphatic heterocycles. The second kappa shape index (κ2) is 6.53. The van der Waals surface area contributed by atoms with Gasteiger partial charge in [0.25, 0.3) is 10.1 Å². The van der Waals surface area contributed by atoms with Crippen molar-refractivity contribution in [1.29, 1.82) is 5.26 Å². The van der Waals surface area contributed by atoms with Crippen molar-refractivity contribution in [3.05, 3.63) is 35.4 Å². The van der Waals surface area contributed by atoms with Gasteiger partial charge in [-0.2, -0.15) is 13.7 Å². The van der Waals surface area contributed by atoms with E-state index in [0.717, 1.165) is 18.2 Å². The average Bonchev–Trinajstić information content (AvgIpc) is 2.28. The van der Waals surface area contributed by atoms with Crippen LogP contribution < -0.4 is 0 Å². The maximum Gasteiger partial charge on any atom is 0.264 e. The number of hydrogen-bond acceptors (Lipinski definition) is 4. The zero-order chi connectivity index (χ0) is 13.6. The Labute approximate surface area is 108 Å². The first-order chi connectivity index (χ1) is 8.40. The fourth-order valence-corrected chi connectivity index (χ4v) is 2.02. The molecule has 0 fully saturated rings. The standard InChI is InChI=1S/C13H17NO3S/c1-11(7-8-17-18(2,15)16)9-12-3-5-13(10-14)6-4-12/h3-6,11H,7-9H2,1-2H3. The van der Waals surface area contributed by atoms with E-state index in [4.69, 9.17) is 9.44 Å². The molecule has 0 spiro atoms. The van der Waals surface area contributed by atoms with E-state index in [1.165, 1.54) is 0 Å². The Balaban J connectivity index is 2.40. The topological polar surface area (TPSA) is 67.2 Å². The molecular weight excluding hydrogens is 250 g/mol. The Morgan fingerprint density at radius 2 is 1.94 bits per heavy atom. The minimum absolute atomic E-state index is 0.219. The van der Waals surface area contributed by atoms with Gasteiger partial charge >= 0.3 is 0 Å². The van der Waals surface area contributed by atoms with Crippen LogP contribution in [-0.2, 0) is 20.7 Å². The van der Waals surface area contributed by atoms with Crippen molar-refractivity contribution in [2.45, 2.75) is 19.8 Å². The highest BCUT2D eigenvalue weighted by molar-refractivity contribution is 7.85. The van der Waals surface area contributed by atoms with Crippen molar-refractivity contribution in [2.75, 3.05) is 12.9 Å². The first kappa shape index (κ1) is 14.7. The van der Waals surface area contributed by atoms with E-state index >= 15 is 0 Å². The SMILES string of the molecule is CC(CCOS(C)(=O)=O)Cc1ccc(C#N)cc1. The monoisotopic (exact) mass is 267 g/mol. The third-order valence-corrected chi connectivity index (χ3v) is 3.17. The maximum atomic E-state index is 10.8. The molecular formula is C13H17NO3S. The summed E-state index contributed by atoms with van der Waals surface area (Å²) in [4.78, 5) is 0. The highest BCUT2D eigenvalue weighted by Crippen LogP contribution is 2.13. The molecule has 4 nitrogen and oxygen atoms in total. The van der Waals surface area contributed by atoms with Crippen molar-refractivity contribution >= 4 is 10.1 Å². The van der Waals surface area contributed by atoms with Gasteiger partial charge in [-0.05, 0) is 36.5 Å². The van der Waals surface area contributed by atoms with Gasteiger partial charge in [0, 0.05) is 0 Å². The largest absolute Gasteiger partial charge is 0.270 e. The molecule has 0 aromatic heterocycles. The van der Waals surface area contributed by atoms with Crippen LogP contribution in [0.1, 0.15) is 24.5 Å². The molecule has 0 radical (unpaired) electrons. The van der Waals surface area contributed by atoms with Gasteiger partial charge in [-0.15, -0.1) is 0 Å². The Morgan fingerprint density at radius 3 is 2.44 bits per heavy atom. The van der Waals surface area contributed by atoms with Crippen molar-refractivity contribution in [3.63, 3.8) is 0 Å². The summed E-state index contributed by atoms with van der Waals surface area (Å²) in [5.74, 6) is 0.333. The molecule has 0 heterocycles. The Hall–Kier alpha value is -1.38. The third-order valence-electron chi connectivity index (χ3n) is 2.58. The molecule has 0 bridgehead atoms. The molecule has 1 atom stereocenters. The zero-order valence-corrected chi connectivity index (χ0v) is 11.4. The molecule has 0 saturated heterocycles. The molecule has 0 saturated carbocycles. The van der Waals surface area contributed by atoms with Crippen LogP contribution >= 0.6 is 0 Å². The normalized spacial score (nSPS) is 12.9. The molecule has 1 unspecified atom stereocenters. The summed E-state index contributed by atoms with van der Waals surface area (Å²) in [5.41, 5.74) is 1.78. The van der Waals surface area contributed by atoms with Gasteiger partial charge in [-0.25, -0.2) is 0 Å². The highest BCUT2D eigenvalue weighted by Gasteiger charge is 2.07. The number of hydrogen-bond donors (Lipinski definition) is 0. The summed E-state index contributed by atoms with van der Waals surface area (Å²) >= 11 is 0. The van der Waals surface area contributed by atoms with Crippen LogP contribution in [0.2, 0.25) is 0 Å². The lowest BCUT2D eigenvalue weighted by atomic mass is 9.98. The van der Waals surface area contributed by atoms with Gasteiger partial charge in [0.05, 0.1) is 24.5 Å². The fourth-order valence-electron chi connectivity index (χ4n) is 1.62. The molecule has 0 aliphatic rings. The lowest BCUT2D eigenvalue weighted by Gasteiger charge is -2.11. The lowest BCUT2D eigenvalue weighted by molar-refractivity contribution is 0.289. The molecule has 5 heteroatoms. The van der Waals surface area contributed by atoms with Crippen LogP contribution in [0.3, 0.4) is 0 Å². The summed E-state index contributed by atoms with van der Waals surface area (Å²) in [6.45, 7) is 2.26. The first-order valence-electron chi connectivity index (χ1n) is 5.74. The average molecular weight is 267 g/mol.